The molecule has 3 N–H and O–H groups in total. The van der Waals surface area contributed by atoms with Crippen molar-refractivity contribution >= 4 is 34.5 Å². The summed E-state index contributed by atoms with van der Waals surface area (Å²) in [6.45, 7) is 2.23. The van der Waals surface area contributed by atoms with Crippen LogP contribution in [-0.4, -0.2) is 59.9 Å². The van der Waals surface area contributed by atoms with E-state index in [2.05, 4.69) is 15.6 Å². The van der Waals surface area contributed by atoms with E-state index in [1.54, 1.807) is 11.0 Å². The number of carbonyl (C=O) groups is 2. The van der Waals surface area contributed by atoms with Gasteiger partial charge in [-0.1, -0.05) is 12.1 Å². The largest absolute Gasteiger partial charge is 0.396 e. The number of fused-ring (bicyclic) bond motifs is 1. The summed E-state index contributed by atoms with van der Waals surface area (Å²) in [6.07, 6.45) is 0.523. The molecule has 2 amide bonds. The lowest BCUT2D eigenvalue weighted by Crippen LogP contribution is -2.41. The van der Waals surface area contributed by atoms with Gasteiger partial charge in [0.25, 0.3) is 11.8 Å². The number of hydrogen-bond donors (Lipinski definition) is 3. The monoisotopic (exact) mass is 437 g/mol. The SMILES string of the molecule is CNCc1cccc(C(=O)Nc2nc3cc(N4CCOCC4=O)ccc3n2CCCO)c1. The molecule has 1 fully saturated rings. The van der Waals surface area contributed by atoms with Crippen LogP contribution in [0, 0.1) is 0 Å². The highest BCUT2D eigenvalue weighted by Crippen LogP contribution is 2.26. The van der Waals surface area contributed by atoms with Crippen molar-refractivity contribution in [2.45, 2.75) is 19.5 Å². The minimum absolute atomic E-state index is 0.0273. The average Bonchev–Trinajstić information content (AvgIpc) is 3.14. The number of nitrogens with one attached hydrogen (secondary N) is 2. The maximum absolute atomic E-state index is 12.9. The Bertz CT molecular complexity index is 1130. The van der Waals surface area contributed by atoms with Gasteiger partial charge in [0.15, 0.2) is 0 Å². The molecule has 1 saturated heterocycles. The van der Waals surface area contributed by atoms with Gasteiger partial charge >= 0.3 is 0 Å². The number of amides is 2. The number of morpholine rings is 1. The Morgan fingerprint density at radius 3 is 2.91 bits per heavy atom. The number of aliphatic hydroxyl groups excluding tert-OH is 1. The molecule has 0 radical (unpaired) electrons. The number of rotatable bonds is 8. The van der Waals surface area contributed by atoms with Gasteiger partial charge in [0.2, 0.25) is 5.95 Å². The van der Waals surface area contributed by atoms with Gasteiger partial charge in [-0.15, -0.1) is 0 Å². The number of hydrogen-bond acceptors (Lipinski definition) is 6. The third-order valence-electron chi connectivity index (χ3n) is 5.36. The number of aliphatic hydroxyl groups is 1. The van der Waals surface area contributed by atoms with E-state index in [1.807, 2.05) is 48.0 Å². The first kappa shape index (κ1) is 21.9. The molecule has 2 aromatic carbocycles. The maximum Gasteiger partial charge on any atom is 0.257 e. The first-order valence-corrected chi connectivity index (χ1v) is 10.6. The van der Waals surface area contributed by atoms with Crippen molar-refractivity contribution < 1.29 is 19.4 Å². The third kappa shape index (κ3) is 4.64. The number of aromatic nitrogens is 2. The first-order chi connectivity index (χ1) is 15.6. The Balaban J connectivity index is 1.65. The van der Waals surface area contributed by atoms with Crippen molar-refractivity contribution in [2.24, 2.45) is 0 Å². The number of carbonyl (C=O) groups excluding carboxylic acids is 2. The molecule has 9 heteroatoms. The van der Waals surface area contributed by atoms with E-state index in [4.69, 9.17) is 4.74 Å². The molecule has 1 aliphatic rings. The summed E-state index contributed by atoms with van der Waals surface area (Å²) in [4.78, 5) is 31.5. The van der Waals surface area contributed by atoms with Crippen molar-refractivity contribution in [3.8, 4) is 0 Å². The Labute approximate surface area is 186 Å². The summed E-state index contributed by atoms with van der Waals surface area (Å²) in [7, 11) is 1.86. The number of aryl methyl sites for hydroxylation is 1. The molecular formula is C23H27N5O4. The fourth-order valence-corrected chi connectivity index (χ4v) is 3.83. The molecule has 4 rings (SSSR count). The smallest absolute Gasteiger partial charge is 0.257 e. The van der Waals surface area contributed by atoms with Crippen molar-refractivity contribution in [3.05, 3.63) is 53.6 Å². The topological polar surface area (TPSA) is 109 Å². The van der Waals surface area contributed by atoms with Crippen LogP contribution < -0.4 is 15.5 Å². The number of imidazole rings is 1. The van der Waals surface area contributed by atoms with Crippen LogP contribution in [0.4, 0.5) is 11.6 Å². The van der Waals surface area contributed by atoms with Gasteiger partial charge in [-0.3, -0.25) is 14.9 Å². The van der Waals surface area contributed by atoms with E-state index >= 15 is 0 Å². The number of anilines is 2. The second kappa shape index (κ2) is 9.90. The molecule has 1 aliphatic heterocycles. The van der Waals surface area contributed by atoms with Crippen LogP contribution >= 0.6 is 0 Å². The summed E-state index contributed by atoms with van der Waals surface area (Å²) < 4.78 is 7.09. The highest BCUT2D eigenvalue weighted by Gasteiger charge is 2.22. The van der Waals surface area contributed by atoms with Crippen LogP contribution in [0.15, 0.2) is 42.5 Å². The zero-order valence-corrected chi connectivity index (χ0v) is 18.0. The standard InChI is InChI=1S/C23H27N5O4/c1-24-14-16-4-2-5-17(12-16)22(31)26-23-25-19-13-18(27-9-11-32-15-21(27)30)6-7-20(19)28(23)8-3-10-29/h2,4-7,12-13,24,29H,3,8-11,14-15H2,1H3,(H,25,26,31). The number of ether oxygens (including phenoxy) is 1. The average molecular weight is 438 g/mol. The van der Waals surface area contributed by atoms with Crippen LogP contribution in [-0.2, 0) is 22.6 Å². The molecule has 0 aliphatic carbocycles. The second-order valence-corrected chi connectivity index (χ2v) is 7.62. The lowest BCUT2D eigenvalue weighted by Gasteiger charge is -2.26. The summed E-state index contributed by atoms with van der Waals surface area (Å²) in [5.41, 5.74) is 3.78. The molecule has 0 spiro atoms. The molecule has 32 heavy (non-hydrogen) atoms. The fourth-order valence-electron chi connectivity index (χ4n) is 3.83. The predicted molar refractivity (Wildman–Crippen MR) is 122 cm³/mol. The molecule has 0 unspecified atom stereocenters. The summed E-state index contributed by atoms with van der Waals surface area (Å²) >= 11 is 0. The zero-order valence-electron chi connectivity index (χ0n) is 18.0. The minimum Gasteiger partial charge on any atom is -0.396 e. The van der Waals surface area contributed by atoms with Gasteiger partial charge in [0, 0.05) is 37.5 Å². The lowest BCUT2D eigenvalue weighted by molar-refractivity contribution is -0.125. The van der Waals surface area contributed by atoms with Crippen LogP contribution in [0.2, 0.25) is 0 Å². The molecule has 2 heterocycles. The van der Waals surface area contributed by atoms with Crippen LogP contribution in [0.25, 0.3) is 11.0 Å². The van der Waals surface area contributed by atoms with E-state index < -0.39 is 0 Å². The fraction of sp³-hybridized carbons (Fsp3) is 0.348. The Kier molecular flexibility index (Phi) is 6.79. The van der Waals surface area contributed by atoms with Crippen molar-refractivity contribution in [1.29, 1.82) is 0 Å². The lowest BCUT2D eigenvalue weighted by atomic mass is 10.1. The van der Waals surface area contributed by atoms with E-state index in [0.717, 1.165) is 16.8 Å². The Morgan fingerprint density at radius 1 is 1.25 bits per heavy atom. The highest BCUT2D eigenvalue weighted by molar-refractivity contribution is 6.04. The number of nitrogens with zero attached hydrogens (tertiary/aromatic N) is 3. The molecule has 3 aromatic rings. The molecule has 9 nitrogen and oxygen atoms in total. The minimum atomic E-state index is -0.257. The maximum atomic E-state index is 12.9. The highest BCUT2D eigenvalue weighted by atomic mass is 16.5. The Hall–Kier alpha value is -3.27. The van der Waals surface area contributed by atoms with E-state index in [-0.39, 0.29) is 25.0 Å². The van der Waals surface area contributed by atoms with E-state index in [1.165, 1.54) is 0 Å². The van der Waals surface area contributed by atoms with Gasteiger partial charge in [0.1, 0.15) is 6.61 Å². The van der Waals surface area contributed by atoms with Crippen molar-refractivity contribution in [2.75, 3.05) is 43.6 Å². The molecule has 168 valence electrons. The summed E-state index contributed by atoms with van der Waals surface area (Å²) in [6, 6.07) is 13.0. The molecule has 0 bridgehead atoms. The van der Waals surface area contributed by atoms with Gasteiger partial charge in [-0.25, -0.2) is 4.98 Å². The quantitative estimate of drug-likeness (QED) is 0.496. The zero-order chi connectivity index (χ0) is 22.5. The van der Waals surface area contributed by atoms with Crippen molar-refractivity contribution in [3.63, 3.8) is 0 Å². The molecule has 0 atom stereocenters. The third-order valence-corrected chi connectivity index (χ3v) is 5.36. The van der Waals surface area contributed by atoms with Crippen LogP contribution in [0.3, 0.4) is 0 Å². The van der Waals surface area contributed by atoms with E-state index in [9.17, 15) is 14.7 Å². The first-order valence-electron chi connectivity index (χ1n) is 10.6. The van der Waals surface area contributed by atoms with Crippen LogP contribution in [0.5, 0.6) is 0 Å². The van der Waals surface area contributed by atoms with Gasteiger partial charge in [0.05, 0.1) is 17.6 Å². The molecule has 1 aromatic heterocycles. The molecule has 0 saturated carbocycles. The number of benzene rings is 2. The summed E-state index contributed by atoms with van der Waals surface area (Å²) in [5, 5.41) is 15.3. The predicted octanol–water partition coefficient (Wildman–Crippen LogP) is 1.75. The van der Waals surface area contributed by atoms with Gasteiger partial charge in [-0.05, 0) is 49.4 Å². The molecular weight excluding hydrogens is 410 g/mol. The normalized spacial score (nSPS) is 14.2. The van der Waals surface area contributed by atoms with E-state index in [0.29, 0.717) is 49.7 Å². The van der Waals surface area contributed by atoms with Crippen molar-refractivity contribution in [1.82, 2.24) is 14.9 Å². The van der Waals surface area contributed by atoms with Gasteiger partial charge < -0.3 is 24.6 Å². The van der Waals surface area contributed by atoms with Gasteiger partial charge in [-0.2, -0.15) is 0 Å². The second-order valence-electron chi connectivity index (χ2n) is 7.62. The Morgan fingerprint density at radius 2 is 2.12 bits per heavy atom. The van der Waals surface area contributed by atoms with Crippen LogP contribution in [0.1, 0.15) is 22.3 Å². The summed E-state index contributed by atoms with van der Waals surface area (Å²) in [5.74, 6) is 0.0558.